The Morgan fingerprint density at radius 1 is 1.20 bits per heavy atom. The molecule has 1 aliphatic heterocycles. The molecule has 2 heterocycles. The molecular formula is C20H24BrN3O5S. The minimum Gasteiger partial charge on any atom is -0.465 e. The van der Waals surface area contributed by atoms with Crippen LogP contribution >= 0.6 is 15.9 Å². The number of pyridine rings is 1. The molecule has 0 spiro atoms. The van der Waals surface area contributed by atoms with Gasteiger partial charge in [-0.05, 0) is 49.8 Å². The molecule has 2 aliphatic rings. The van der Waals surface area contributed by atoms with Gasteiger partial charge in [-0.3, -0.25) is 4.79 Å². The normalized spacial score (nSPS) is 18.6. The first kappa shape index (κ1) is 21.3. The van der Waals surface area contributed by atoms with Crippen LogP contribution in [0.5, 0.6) is 0 Å². The first-order chi connectivity index (χ1) is 14.2. The van der Waals surface area contributed by atoms with Gasteiger partial charge in [0.25, 0.3) is 5.56 Å². The second kappa shape index (κ2) is 7.97. The molecule has 0 bridgehead atoms. The molecule has 1 aliphatic carbocycles. The summed E-state index contributed by atoms with van der Waals surface area (Å²) < 4.78 is 30.7. The van der Waals surface area contributed by atoms with Crippen LogP contribution in [0.4, 0.5) is 4.79 Å². The molecule has 2 aromatic rings. The van der Waals surface area contributed by atoms with Gasteiger partial charge in [0.1, 0.15) is 4.90 Å². The zero-order chi connectivity index (χ0) is 21.6. The van der Waals surface area contributed by atoms with Gasteiger partial charge in [0.2, 0.25) is 10.0 Å². The second-order valence-corrected chi connectivity index (χ2v) is 10.9. The van der Waals surface area contributed by atoms with Crippen molar-refractivity contribution >= 4 is 42.8 Å². The number of hydrogen-bond donors (Lipinski definition) is 1. The predicted molar refractivity (Wildman–Crippen MR) is 116 cm³/mol. The van der Waals surface area contributed by atoms with Gasteiger partial charge in [0.05, 0.1) is 0 Å². The van der Waals surface area contributed by atoms with Crippen LogP contribution in [0, 0.1) is 5.92 Å². The van der Waals surface area contributed by atoms with Gasteiger partial charge in [0, 0.05) is 54.2 Å². The van der Waals surface area contributed by atoms with E-state index in [9.17, 15) is 23.1 Å². The minimum absolute atomic E-state index is 0.129. The SMILES string of the molecule is CN(C(=O)O)C1CCN(S(=O)(=O)c2cn(CC3CC3)c(=O)c3ccc(Br)cc23)CC1. The summed E-state index contributed by atoms with van der Waals surface area (Å²) in [4.78, 5) is 25.5. The van der Waals surface area contributed by atoms with E-state index in [1.807, 2.05) is 0 Å². The number of nitrogens with zero attached hydrogens (tertiary/aromatic N) is 3. The highest BCUT2D eigenvalue weighted by Crippen LogP contribution is 2.32. The summed E-state index contributed by atoms with van der Waals surface area (Å²) in [6, 6.07) is 4.88. The van der Waals surface area contributed by atoms with Crippen LogP contribution < -0.4 is 5.56 Å². The third-order valence-corrected chi connectivity index (χ3v) is 8.47. The van der Waals surface area contributed by atoms with Gasteiger partial charge >= 0.3 is 6.09 Å². The standard InChI is InChI=1S/C20H24BrN3O5S/c1-22(20(26)27)15-6-8-24(9-7-15)30(28,29)18-12-23(11-13-2-3-13)19(25)16-5-4-14(21)10-17(16)18/h4-5,10,12-13,15H,2-3,6-9,11H2,1H3,(H,26,27). The Morgan fingerprint density at radius 2 is 1.87 bits per heavy atom. The van der Waals surface area contributed by atoms with E-state index < -0.39 is 16.1 Å². The molecule has 1 amide bonds. The first-order valence-corrected chi connectivity index (χ1v) is 12.2. The third kappa shape index (κ3) is 4.00. The maximum absolute atomic E-state index is 13.6. The smallest absolute Gasteiger partial charge is 0.407 e. The fourth-order valence-electron chi connectivity index (χ4n) is 4.02. The van der Waals surface area contributed by atoms with E-state index in [1.165, 1.54) is 27.0 Å². The lowest BCUT2D eigenvalue weighted by Gasteiger charge is -2.35. The average Bonchev–Trinajstić information content (AvgIpc) is 3.53. The van der Waals surface area contributed by atoms with Crippen molar-refractivity contribution in [2.75, 3.05) is 20.1 Å². The number of amides is 1. The Balaban J connectivity index is 1.72. The Hall–Kier alpha value is -1.91. The molecule has 0 unspecified atom stereocenters. The molecular weight excluding hydrogens is 474 g/mol. The Bertz CT molecular complexity index is 1150. The van der Waals surface area contributed by atoms with Gasteiger partial charge < -0.3 is 14.6 Å². The van der Waals surface area contributed by atoms with E-state index in [0.717, 1.165) is 12.8 Å². The quantitative estimate of drug-likeness (QED) is 0.684. The van der Waals surface area contributed by atoms with Crippen LogP contribution in [0.3, 0.4) is 0 Å². The van der Waals surface area contributed by atoms with E-state index in [2.05, 4.69) is 15.9 Å². The lowest BCUT2D eigenvalue weighted by molar-refractivity contribution is 0.120. The number of fused-ring (bicyclic) bond motifs is 1. The average molecular weight is 498 g/mol. The van der Waals surface area contributed by atoms with E-state index in [4.69, 9.17) is 0 Å². The van der Waals surface area contributed by atoms with Crippen molar-refractivity contribution in [3.05, 3.63) is 39.2 Å². The molecule has 8 nitrogen and oxygen atoms in total. The topological polar surface area (TPSA) is 99.9 Å². The molecule has 1 saturated carbocycles. The zero-order valence-electron chi connectivity index (χ0n) is 16.6. The van der Waals surface area contributed by atoms with Gasteiger partial charge in [-0.25, -0.2) is 13.2 Å². The van der Waals surface area contributed by atoms with Crippen molar-refractivity contribution in [1.82, 2.24) is 13.8 Å². The fraction of sp³-hybridized carbons (Fsp3) is 0.500. The van der Waals surface area contributed by atoms with Crippen molar-refractivity contribution < 1.29 is 18.3 Å². The Labute approximate surface area is 183 Å². The molecule has 162 valence electrons. The number of sulfonamides is 1. The minimum atomic E-state index is -3.84. The second-order valence-electron chi connectivity index (χ2n) is 8.11. The van der Waals surface area contributed by atoms with Crippen molar-refractivity contribution in [3.63, 3.8) is 0 Å². The molecule has 2 fully saturated rings. The molecule has 0 radical (unpaired) electrons. The van der Waals surface area contributed by atoms with Crippen LogP contribution in [0.1, 0.15) is 25.7 Å². The maximum Gasteiger partial charge on any atom is 0.407 e. The summed E-state index contributed by atoms with van der Waals surface area (Å²) in [5.74, 6) is 0.424. The predicted octanol–water partition coefficient (Wildman–Crippen LogP) is 2.94. The van der Waals surface area contributed by atoms with Crippen molar-refractivity contribution in [2.24, 2.45) is 5.92 Å². The number of carbonyl (C=O) groups is 1. The van der Waals surface area contributed by atoms with Crippen LogP contribution in [0.2, 0.25) is 0 Å². The van der Waals surface area contributed by atoms with E-state index in [1.54, 1.807) is 18.2 Å². The van der Waals surface area contributed by atoms with E-state index >= 15 is 0 Å². The third-order valence-electron chi connectivity index (χ3n) is 6.05. The van der Waals surface area contributed by atoms with Crippen LogP contribution in [-0.2, 0) is 16.6 Å². The Kier molecular flexibility index (Phi) is 5.67. The van der Waals surface area contributed by atoms with Gasteiger partial charge in [-0.2, -0.15) is 4.31 Å². The van der Waals surface area contributed by atoms with Gasteiger partial charge in [-0.1, -0.05) is 15.9 Å². The van der Waals surface area contributed by atoms with Crippen molar-refractivity contribution in [2.45, 2.75) is 43.2 Å². The lowest BCUT2D eigenvalue weighted by Crippen LogP contribution is -2.47. The summed E-state index contributed by atoms with van der Waals surface area (Å²) in [6.07, 6.45) is 3.45. The summed E-state index contributed by atoms with van der Waals surface area (Å²) in [6.45, 7) is 1.00. The molecule has 1 aromatic carbocycles. The van der Waals surface area contributed by atoms with Gasteiger partial charge in [-0.15, -0.1) is 0 Å². The number of rotatable bonds is 5. The summed E-state index contributed by atoms with van der Waals surface area (Å²) in [5, 5.41) is 9.97. The number of benzene rings is 1. The van der Waals surface area contributed by atoms with Gasteiger partial charge in [0.15, 0.2) is 0 Å². The first-order valence-electron chi connectivity index (χ1n) is 9.97. The molecule has 1 N–H and O–H groups in total. The number of halogens is 1. The van der Waals surface area contributed by atoms with E-state index in [-0.39, 0.29) is 29.6 Å². The lowest BCUT2D eigenvalue weighted by atomic mass is 10.1. The molecule has 1 aromatic heterocycles. The molecule has 0 atom stereocenters. The number of aromatic nitrogens is 1. The highest BCUT2D eigenvalue weighted by Gasteiger charge is 2.34. The molecule has 1 saturated heterocycles. The summed E-state index contributed by atoms with van der Waals surface area (Å²) in [5.41, 5.74) is -0.176. The summed E-state index contributed by atoms with van der Waals surface area (Å²) in [7, 11) is -2.33. The molecule has 30 heavy (non-hydrogen) atoms. The van der Waals surface area contributed by atoms with Crippen LogP contribution in [0.25, 0.3) is 10.8 Å². The highest BCUT2D eigenvalue weighted by atomic mass is 79.9. The number of carboxylic acid groups (broad SMARTS) is 1. The van der Waals surface area contributed by atoms with Crippen molar-refractivity contribution in [3.8, 4) is 0 Å². The van der Waals surface area contributed by atoms with Crippen LogP contribution in [0.15, 0.2) is 38.6 Å². The highest BCUT2D eigenvalue weighted by molar-refractivity contribution is 9.10. The fourth-order valence-corrected chi connectivity index (χ4v) is 6.05. The summed E-state index contributed by atoms with van der Waals surface area (Å²) >= 11 is 3.38. The maximum atomic E-state index is 13.6. The monoisotopic (exact) mass is 497 g/mol. The molecule has 10 heteroatoms. The molecule has 4 rings (SSSR count). The van der Waals surface area contributed by atoms with Crippen LogP contribution in [-0.4, -0.2) is 59.6 Å². The largest absolute Gasteiger partial charge is 0.465 e. The number of piperidine rings is 1. The zero-order valence-corrected chi connectivity index (χ0v) is 19.0. The number of hydrogen-bond acceptors (Lipinski definition) is 4. The van der Waals surface area contributed by atoms with Crippen molar-refractivity contribution in [1.29, 1.82) is 0 Å². The Morgan fingerprint density at radius 3 is 2.47 bits per heavy atom. The van der Waals surface area contributed by atoms with E-state index in [0.29, 0.717) is 40.5 Å².